The van der Waals surface area contributed by atoms with E-state index < -0.39 is 0 Å². The Kier molecular flexibility index (Phi) is 3.51. The average molecular weight is 202 g/mol. The summed E-state index contributed by atoms with van der Waals surface area (Å²) in [5, 5.41) is 4.03. The van der Waals surface area contributed by atoms with E-state index in [1.54, 1.807) is 0 Å². The Morgan fingerprint density at radius 1 is 1.08 bits per heavy atom. The summed E-state index contributed by atoms with van der Waals surface area (Å²) in [6.07, 6.45) is 8.17. The van der Waals surface area contributed by atoms with Gasteiger partial charge >= 0.3 is 0 Å². The molecule has 0 spiro atoms. The maximum atomic E-state index is 6.05. The SMILES string of the molecule is ClC1CCC(CNCCC2CC2)C1. The zero-order valence-electron chi connectivity index (χ0n) is 8.27. The number of rotatable bonds is 5. The maximum Gasteiger partial charge on any atom is 0.0339 e. The zero-order valence-corrected chi connectivity index (χ0v) is 9.02. The molecule has 2 aliphatic carbocycles. The van der Waals surface area contributed by atoms with E-state index in [0.717, 1.165) is 11.8 Å². The average Bonchev–Trinajstić information content (AvgIpc) is 2.84. The molecule has 2 rings (SSSR count). The monoisotopic (exact) mass is 201 g/mol. The highest BCUT2D eigenvalue weighted by atomic mass is 35.5. The summed E-state index contributed by atoms with van der Waals surface area (Å²) < 4.78 is 0. The van der Waals surface area contributed by atoms with Crippen LogP contribution in [0.2, 0.25) is 0 Å². The molecule has 2 atom stereocenters. The van der Waals surface area contributed by atoms with Gasteiger partial charge in [0, 0.05) is 5.38 Å². The summed E-state index contributed by atoms with van der Waals surface area (Å²) in [6.45, 7) is 2.43. The van der Waals surface area contributed by atoms with Crippen LogP contribution in [-0.4, -0.2) is 18.5 Å². The van der Waals surface area contributed by atoms with E-state index in [1.165, 1.54) is 51.6 Å². The minimum absolute atomic E-state index is 0.468. The molecule has 0 aromatic carbocycles. The first-order valence-electron chi connectivity index (χ1n) is 5.69. The van der Waals surface area contributed by atoms with Crippen LogP contribution in [0, 0.1) is 11.8 Å². The summed E-state index contributed by atoms with van der Waals surface area (Å²) in [6, 6.07) is 0. The molecule has 2 saturated carbocycles. The Balaban J connectivity index is 1.47. The first-order chi connectivity index (χ1) is 6.34. The van der Waals surface area contributed by atoms with Crippen molar-refractivity contribution >= 4 is 11.6 Å². The lowest BCUT2D eigenvalue weighted by atomic mass is 10.1. The number of hydrogen-bond donors (Lipinski definition) is 1. The van der Waals surface area contributed by atoms with Gasteiger partial charge in [-0.05, 0) is 50.6 Å². The molecule has 2 aliphatic rings. The van der Waals surface area contributed by atoms with Crippen molar-refractivity contribution in [3.63, 3.8) is 0 Å². The summed E-state index contributed by atoms with van der Waals surface area (Å²) in [7, 11) is 0. The van der Waals surface area contributed by atoms with Gasteiger partial charge in [-0.15, -0.1) is 11.6 Å². The predicted octanol–water partition coefficient (Wildman–Crippen LogP) is 2.78. The smallest absolute Gasteiger partial charge is 0.0339 e. The first kappa shape index (κ1) is 9.79. The summed E-state index contributed by atoms with van der Waals surface area (Å²) in [4.78, 5) is 0. The van der Waals surface area contributed by atoms with Gasteiger partial charge in [-0.1, -0.05) is 12.8 Å². The van der Waals surface area contributed by atoms with E-state index in [-0.39, 0.29) is 0 Å². The molecule has 0 amide bonds. The summed E-state index contributed by atoms with van der Waals surface area (Å²) in [5.41, 5.74) is 0. The molecule has 0 radical (unpaired) electrons. The van der Waals surface area contributed by atoms with Crippen LogP contribution in [0.4, 0.5) is 0 Å². The van der Waals surface area contributed by atoms with Crippen LogP contribution < -0.4 is 5.32 Å². The molecule has 0 aromatic rings. The highest BCUT2D eigenvalue weighted by molar-refractivity contribution is 6.20. The third-order valence-electron chi connectivity index (χ3n) is 3.34. The van der Waals surface area contributed by atoms with Crippen LogP contribution in [-0.2, 0) is 0 Å². The molecule has 13 heavy (non-hydrogen) atoms. The molecule has 0 aliphatic heterocycles. The quantitative estimate of drug-likeness (QED) is 0.533. The Bertz CT molecular complexity index is 156. The second kappa shape index (κ2) is 4.65. The maximum absolute atomic E-state index is 6.05. The zero-order chi connectivity index (χ0) is 9.10. The minimum Gasteiger partial charge on any atom is -0.316 e. The topological polar surface area (TPSA) is 12.0 Å². The van der Waals surface area contributed by atoms with Gasteiger partial charge in [-0.25, -0.2) is 0 Å². The van der Waals surface area contributed by atoms with E-state index >= 15 is 0 Å². The van der Waals surface area contributed by atoms with Crippen LogP contribution in [0.15, 0.2) is 0 Å². The first-order valence-corrected chi connectivity index (χ1v) is 6.13. The lowest BCUT2D eigenvalue weighted by molar-refractivity contribution is 0.480. The van der Waals surface area contributed by atoms with E-state index in [2.05, 4.69) is 5.32 Å². The van der Waals surface area contributed by atoms with Crippen molar-refractivity contribution in [1.82, 2.24) is 5.32 Å². The van der Waals surface area contributed by atoms with Crippen LogP contribution in [0.25, 0.3) is 0 Å². The fourth-order valence-electron chi connectivity index (χ4n) is 2.22. The van der Waals surface area contributed by atoms with E-state index in [0.29, 0.717) is 5.38 Å². The van der Waals surface area contributed by atoms with Crippen LogP contribution in [0.3, 0.4) is 0 Å². The van der Waals surface area contributed by atoms with Crippen molar-refractivity contribution in [1.29, 1.82) is 0 Å². The highest BCUT2D eigenvalue weighted by Crippen LogP contribution is 2.32. The minimum atomic E-state index is 0.468. The molecule has 2 fully saturated rings. The Morgan fingerprint density at radius 3 is 2.46 bits per heavy atom. The van der Waals surface area contributed by atoms with E-state index in [9.17, 15) is 0 Å². The number of halogens is 1. The van der Waals surface area contributed by atoms with Crippen molar-refractivity contribution in [2.24, 2.45) is 11.8 Å². The molecule has 1 nitrogen and oxygen atoms in total. The second-order valence-corrected chi connectivity index (χ2v) is 5.33. The van der Waals surface area contributed by atoms with Gasteiger partial charge in [0.2, 0.25) is 0 Å². The van der Waals surface area contributed by atoms with Gasteiger partial charge in [0.15, 0.2) is 0 Å². The number of alkyl halides is 1. The largest absolute Gasteiger partial charge is 0.316 e. The fourth-order valence-corrected chi connectivity index (χ4v) is 2.60. The highest BCUT2D eigenvalue weighted by Gasteiger charge is 2.23. The van der Waals surface area contributed by atoms with Gasteiger partial charge in [0.05, 0.1) is 0 Å². The van der Waals surface area contributed by atoms with Crippen LogP contribution in [0.5, 0.6) is 0 Å². The Labute approximate surface area is 86.2 Å². The van der Waals surface area contributed by atoms with Crippen molar-refractivity contribution in [3.05, 3.63) is 0 Å². The van der Waals surface area contributed by atoms with Gasteiger partial charge in [-0.3, -0.25) is 0 Å². The van der Waals surface area contributed by atoms with Crippen molar-refractivity contribution in [3.8, 4) is 0 Å². The molecular weight excluding hydrogens is 182 g/mol. The van der Waals surface area contributed by atoms with Crippen molar-refractivity contribution < 1.29 is 0 Å². The lowest BCUT2D eigenvalue weighted by Crippen LogP contribution is -2.22. The van der Waals surface area contributed by atoms with Gasteiger partial charge in [0.25, 0.3) is 0 Å². The van der Waals surface area contributed by atoms with Gasteiger partial charge < -0.3 is 5.32 Å². The van der Waals surface area contributed by atoms with Crippen LogP contribution >= 0.6 is 11.6 Å². The Morgan fingerprint density at radius 2 is 1.85 bits per heavy atom. The van der Waals surface area contributed by atoms with Crippen LogP contribution in [0.1, 0.15) is 38.5 Å². The molecule has 0 aromatic heterocycles. The van der Waals surface area contributed by atoms with Crippen molar-refractivity contribution in [2.75, 3.05) is 13.1 Å². The molecule has 0 heterocycles. The second-order valence-electron chi connectivity index (χ2n) is 4.71. The van der Waals surface area contributed by atoms with Gasteiger partial charge in [0.1, 0.15) is 0 Å². The number of nitrogens with one attached hydrogen (secondary N) is 1. The van der Waals surface area contributed by atoms with Gasteiger partial charge in [-0.2, -0.15) is 0 Å². The van der Waals surface area contributed by atoms with E-state index in [4.69, 9.17) is 11.6 Å². The molecule has 2 unspecified atom stereocenters. The third-order valence-corrected chi connectivity index (χ3v) is 3.73. The molecular formula is C11H20ClN. The normalized spacial score (nSPS) is 33.9. The molecule has 2 heteroatoms. The lowest BCUT2D eigenvalue weighted by Gasteiger charge is -2.10. The summed E-state index contributed by atoms with van der Waals surface area (Å²) in [5.74, 6) is 1.93. The standard InChI is InChI=1S/C11H20ClN/c12-11-4-3-10(7-11)8-13-6-5-9-1-2-9/h9-11,13H,1-8H2. The summed E-state index contributed by atoms with van der Waals surface area (Å²) >= 11 is 6.05. The van der Waals surface area contributed by atoms with Crippen molar-refractivity contribution in [2.45, 2.75) is 43.9 Å². The molecule has 0 saturated heterocycles. The molecule has 1 N–H and O–H groups in total. The molecule has 0 bridgehead atoms. The molecule has 76 valence electrons. The van der Waals surface area contributed by atoms with E-state index in [1.807, 2.05) is 0 Å². The Hall–Kier alpha value is 0.250. The fraction of sp³-hybridized carbons (Fsp3) is 1.00. The predicted molar refractivity (Wildman–Crippen MR) is 57.2 cm³/mol. The third kappa shape index (κ3) is 3.47. The number of hydrogen-bond acceptors (Lipinski definition) is 1.